The first kappa shape index (κ1) is 12.2. The minimum absolute atomic E-state index is 0.0558. The molecule has 0 radical (unpaired) electrons. The fourth-order valence-electron chi connectivity index (χ4n) is 2.74. The summed E-state index contributed by atoms with van der Waals surface area (Å²) in [6, 6.07) is -0.0558. The van der Waals surface area contributed by atoms with E-state index in [2.05, 4.69) is 5.32 Å². The number of carboxylic acid groups (broad SMARTS) is 1. The van der Waals surface area contributed by atoms with E-state index in [0.29, 0.717) is 6.42 Å². The van der Waals surface area contributed by atoms with Crippen LogP contribution in [-0.4, -0.2) is 28.8 Å². The lowest BCUT2D eigenvalue weighted by Gasteiger charge is -2.22. The number of hydrogen-bond donors (Lipinski definition) is 2. The second-order valence-corrected chi connectivity index (χ2v) is 6.15. The number of rotatable bonds is 2. The van der Waals surface area contributed by atoms with Gasteiger partial charge in [-0.15, -0.1) is 0 Å². The molecule has 96 valence electrons. The number of fused-ring (bicyclic) bond motifs is 1. The molecule has 0 saturated heterocycles. The van der Waals surface area contributed by atoms with E-state index in [1.807, 2.05) is 0 Å². The molecule has 0 bridgehead atoms. The Bertz CT molecular complexity index is 360. The molecule has 3 atom stereocenters. The van der Waals surface area contributed by atoms with Crippen molar-refractivity contribution in [3.05, 3.63) is 0 Å². The first-order chi connectivity index (χ1) is 7.73. The van der Waals surface area contributed by atoms with Gasteiger partial charge in [-0.3, -0.25) is 4.79 Å². The SMILES string of the molecule is CC(C)(C)OC(=O)NC1CC2CC2(C(=O)O)C1. The number of carbonyl (C=O) groups excluding carboxylic acids is 1. The number of aliphatic carboxylic acids is 1. The fraction of sp³-hybridized carbons (Fsp3) is 0.833. The summed E-state index contributed by atoms with van der Waals surface area (Å²) in [4.78, 5) is 22.6. The lowest BCUT2D eigenvalue weighted by Crippen LogP contribution is -2.39. The van der Waals surface area contributed by atoms with Crippen LogP contribution < -0.4 is 5.32 Å². The average Bonchev–Trinajstić information content (AvgIpc) is 2.67. The molecule has 3 unspecified atom stereocenters. The number of nitrogens with one attached hydrogen (secondary N) is 1. The Hall–Kier alpha value is -1.26. The summed E-state index contributed by atoms with van der Waals surface area (Å²) in [7, 11) is 0. The molecular formula is C12H19NO4. The third kappa shape index (κ3) is 2.37. The van der Waals surface area contributed by atoms with Gasteiger partial charge in [-0.25, -0.2) is 4.79 Å². The van der Waals surface area contributed by atoms with Gasteiger partial charge in [-0.05, 0) is 46.0 Å². The molecule has 0 aromatic heterocycles. The maximum atomic E-state index is 11.5. The van der Waals surface area contributed by atoms with E-state index in [0.717, 1.165) is 12.8 Å². The predicted molar refractivity (Wildman–Crippen MR) is 60.6 cm³/mol. The lowest BCUT2D eigenvalue weighted by molar-refractivity contribution is -0.143. The van der Waals surface area contributed by atoms with Gasteiger partial charge in [0, 0.05) is 6.04 Å². The Labute approximate surface area is 101 Å². The number of carboxylic acids is 1. The van der Waals surface area contributed by atoms with Gasteiger partial charge in [-0.1, -0.05) is 0 Å². The minimum Gasteiger partial charge on any atom is -0.481 e. The zero-order valence-electron chi connectivity index (χ0n) is 10.4. The van der Waals surface area contributed by atoms with Gasteiger partial charge < -0.3 is 15.2 Å². The normalized spacial score (nSPS) is 35.0. The zero-order valence-corrected chi connectivity index (χ0v) is 10.4. The third-order valence-corrected chi connectivity index (χ3v) is 3.56. The third-order valence-electron chi connectivity index (χ3n) is 3.56. The molecule has 1 amide bonds. The Morgan fingerprint density at radius 3 is 2.47 bits per heavy atom. The van der Waals surface area contributed by atoms with E-state index < -0.39 is 23.1 Å². The van der Waals surface area contributed by atoms with Crippen molar-refractivity contribution in [1.82, 2.24) is 5.32 Å². The Balaban J connectivity index is 1.84. The van der Waals surface area contributed by atoms with E-state index in [1.54, 1.807) is 20.8 Å². The maximum absolute atomic E-state index is 11.5. The first-order valence-electron chi connectivity index (χ1n) is 5.96. The van der Waals surface area contributed by atoms with Gasteiger partial charge in [-0.2, -0.15) is 0 Å². The molecule has 0 aliphatic heterocycles. The van der Waals surface area contributed by atoms with Crippen LogP contribution in [0.25, 0.3) is 0 Å². The van der Waals surface area contributed by atoms with Crippen LogP contribution >= 0.6 is 0 Å². The molecule has 5 heteroatoms. The van der Waals surface area contributed by atoms with Crippen LogP contribution in [0.3, 0.4) is 0 Å². The predicted octanol–water partition coefficient (Wildman–Crippen LogP) is 1.76. The Morgan fingerprint density at radius 2 is 2.00 bits per heavy atom. The Kier molecular flexibility index (Phi) is 2.60. The molecule has 2 N–H and O–H groups in total. The van der Waals surface area contributed by atoms with Crippen molar-refractivity contribution < 1.29 is 19.4 Å². The summed E-state index contributed by atoms with van der Waals surface area (Å²) in [5.74, 6) is -0.490. The molecule has 17 heavy (non-hydrogen) atoms. The van der Waals surface area contributed by atoms with Crippen molar-refractivity contribution in [2.75, 3.05) is 0 Å². The number of alkyl carbamates (subject to hydrolysis) is 1. The highest BCUT2D eigenvalue weighted by Crippen LogP contribution is 2.63. The highest BCUT2D eigenvalue weighted by atomic mass is 16.6. The summed E-state index contributed by atoms with van der Waals surface area (Å²) in [6.07, 6.45) is 1.59. The fourth-order valence-corrected chi connectivity index (χ4v) is 2.74. The van der Waals surface area contributed by atoms with Crippen LogP contribution in [0.5, 0.6) is 0 Å². The quantitative estimate of drug-likeness (QED) is 0.772. The number of hydrogen-bond acceptors (Lipinski definition) is 3. The van der Waals surface area contributed by atoms with Crippen molar-refractivity contribution in [2.45, 2.75) is 51.7 Å². The smallest absolute Gasteiger partial charge is 0.407 e. The van der Waals surface area contributed by atoms with E-state index in [1.165, 1.54) is 0 Å². The van der Waals surface area contributed by atoms with Crippen LogP contribution in [0.1, 0.15) is 40.0 Å². The summed E-state index contributed by atoms with van der Waals surface area (Å²) in [5, 5.41) is 11.9. The largest absolute Gasteiger partial charge is 0.481 e. The van der Waals surface area contributed by atoms with Gasteiger partial charge in [0.15, 0.2) is 0 Å². The van der Waals surface area contributed by atoms with Crippen molar-refractivity contribution in [3.63, 3.8) is 0 Å². The van der Waals surface area contributed by atoms with Crippen molar-refractivity contribution in [2.24, 2.45) is 11.3 Å². The molecule has 0 spiro atoms. The van der Waals surface area contributed by atoms with Gasteiger partial charge in [0.1, 0.15) is 5.60 Å². The van der Waals surface area contributed by atoms with Gasteiger partial charge >= 0.3 is 12.1 Å². The molecule has 0 aromatic carbocycles. The van der Waals surface area contributed by atoms with Crippen LogP contribution in [-0.2, 0) is 9.53 Å². The zero-order chi connectivity index (χ0) is 12.8. The average molecular weight is 241 g/mol. The highest BCUT2D eigenvalue weighted by Gasteiger charge is 2.65. The summed E-state index contributed by atoms with van der Waals surface area (Å²) >= 11 is 0. The summed E-state index contributed by atoms with van der Waals surface area (Å²) in [6.45, 7) is 5.41. The number of amides is 1. The number of ether oxygens (including phenoxy) is 1. The summed E-state index contributed by atoms with van der Waals surface area (Å²) in [5.41, 5.74) is -1.07. The van der Waals surface area contributed by atoms with Crippen LogP contribution in [0.2, 0.25) is 0 Å². The topological polar surface area (TPSA) is 75.6 Å². The molecule has 2 aliphatic carbocycles. The molecule has 5 nitrogen and oxygen atoms in total. The van der Waals surface area contributed by atoms with E-state index >= 15 is 0 Å². The maximum Gasteiger partial charge on any atom is 0.407 e. The van der Waals surface area contributed by atoms with Crippen LogP contribution in [0.4, 0.5) is 4.79 Å². The van der Waals surface area contributed by atoms with Crippen molar-refractivity contribution in [3.8, 4) is 0 Å². The van der Waals surface area contributed by atoms with Gasteiger partial charge in [0.2, 0.25) is 0 Å². The van der Waals surface area contributed by atoms with Gasteiger partial charge in [0.05, 0.1) is 5.41 Å². The summed E-state index contributed by atoms with van der Waals surface area (Å²) < 4.78 is 5.15. The standard InChI is InChI=1S/C12H19NO4/c1-11(2,3)17-10(16)13-8-4-7-5-12(7,6-8)9(14)15/h7-8H,4-6H2,1-3H3,(H,13,16)(H,14,15). The van der Waals surface area contributed by atoms with Crippen molar-refractivity contribution >= 4 is 12.1 Å². The Morgan fingerprint density at radius 1 is 1.35 bits per heavy atom. The molecule has 2 saturated carbocycles. The highest BCUT2D eigenvalue weighted by molar-refractivity contribution is 5.79. The second kappa shape index (κ2) is 3.62. The van der Waals surface area contributed by atoms with E-state index in [-0.39, 0.29) is 12.0 Å². The minimum atomic E-state index is -0.726. The second-order valence-electron chi connectivity index (χ2n) is 6.15. The molecule has 2 fully saturated rings. The van der Waals surface area contributed by atoms with E-state index in [9.17, 15) is 9.59 Å². The molecule has 0 heterocycles. The molecule has 2 aliphatic rings. The lowest BCUT2D eigenvalue weighted by atomic mass is 10.0. The molecule has 2 rings (SSSR count). The first-order valence-corrected chi connectivity index (χ1v) is 5.96. The van der Waals surface area contributed by atoms with Crippen LogP contribution in [0.15, 0.2) is 0 Å². The monoisotopic (exact) mass is 241 g/mol. The van der Waals surface area contributed by atoms with Crippen molar-refractivity contribution in [1.29, 1.82) is 0 Å². The molecule has 0 aromatic rings. The van der Waals surface area contributed by atoms with Gasteiger partial charge in [0.25, 0.3) is 0 Å². The molecular weight excluding hydrogens is 222 g/mol. The van der Waals surface area contributed by atoms with Crippen LogP contribution in [0, 0.1) is 11.3 Å². The van der Waals surface area contributed by atoms with E-state index in [4.69, 9.17) is 9.84 Å². The number of carbonyl (C=O) groups is 2.